The van der Waals surface area contributed by atoms with Crippen molar-refractivity contribution in [2.45, 2.75) is 26.1 Å². The Morgan fingerprint density at radius 1 is 1.05 bits per heavy atom. The predicted octanol–water partition coefficient (Wildman–Crippen LogP) is 3.10. The highest BCUT2D eigenvalue weighted by Gasteiger charge is 2.05. The standard InChI is InChI=1S/C18H24N2O/c1-14(17-6-4-5-16(11-17)13-21)19-12-15-7-9-18(10-8-15)20(2)3/h4-11,14,19,21H,12-13H2,1-3H3. The van der Waals surface area contributed by atoms with E-state index < -0.39 is 0 Å². The molecule has 0 bridgehead atoms. The van der Waals surface area contributed by atoms with Crippen molar-refractivity contribution in [1.82, 2.24) is 5.32 Å². The second-order valence-electron chi connectivity index (χ2n) is 5.57. The highest BCUT2D eigenvalue weighted by molar-refractivity contribution is 5.46. The first-order valence-electron chi connectivity index (χ1n) is 7.29. The molecular weight excluding hydrogens is 260 g/mol. The number of aliphatic hydroxyl groups is 1. The summed E-state index contributed by atoms with van der Waals surface area (Å²) in [6, 6.07) is 16.9. The molecule has 0 spiro atoms. The van der Waals surface area contributed by atoms with Crippen LogP contribution in [0, 0.1) is 0 Å². The van der Waals surface area contributed by atoms with E-state index in [2.05, 4.69) is 47.5 Å². The molecule has 0 aromatic heterocycles. The van der Waals surface area contributed by atoms with Crippen molar-refractivity contribution in [3.63, 3.8) is 0 Å². The van der Waals surface area contributed by atoms with Gasteiger partial charge in [-0.1, -0.05) is 36.4 Å². The van der Waals surface area contributed by atoms with E-state index in [1.807, 2.05) is 32.3 Å². The van der Waals surface area contributed by atoms with Crippen molar-refractivity contribution < 1.29 is 5.11 Å². The van der Waals surface area contributed by atoms with Crippen molar-refractivity contribution in [2.75, 3.05) is 19.0 Å². The summed E-state index contributed by atoms with van der Waals surface area (Å²) in [5, 5.41) is 12.7. The molecule has 0 saturated carbocycles. The fourth-order valence-electron chi connectivity index (χ4n) is 2.26. The maximum absolute atomic E-state index is 9.20. The third kappa shape index (κ3) is 4.31. The molecule has 0 amide bonds. The maximum Gasteiger partial charge on any atom is 0.0681 e. The topological polar surface area (TPSA) is 35.5 Å². The number of hydrogen-bond donors (Lipinski definition) is 2. The molecule has 2 rings (SSSR count). The molecule has 0 aliphatic heterocycles. The highest BCUT2D eigenvalue weighted by Crippen LogP contribution is 2.16. The Balaban J connectivity index is 1.95. The third-order valence-electron chi connectivity index (χ3n) is 3.70. The summed E-state index contributed by atoms with van der Waals surface area (Å²) >= 11 is 0. The normalized spacial score (nSPS) is 12.2. The highest BCUT2D eigenvalue weighted by atomic mass is 16.3. The van der Waals surface area contributed by atoms with Crippen LogP contribution in [0.4, 0.5) is 5.69 Å². The molecule has 3 nitrogen and oxygen atoms in total. The number of benzene rings is 2. The van der Waals surface area contributed by atoms with Gasteiger partial charge in [0, 0.05) is 32.4 Å². The molecule has 1 unspecified atom stereocenters. The average molecular weight is 284 g/mol. The summed E-state index contributed by atoms with van der Waals surface area (Å²) < 4.78 is 0. The summed E-state index contributed by atoms with van der Waals surface area (Å²) in [7, 11) is 4.09. The third-order valence-corrected chi connectivity index (χ3v) is 3.70. The lowest BCUT2D eigenvalue weighted by Gasteiger charge is -2.16. The van der Waals surface area contributed by atoms with Gasteiger partial charge in [-0.25, -0.2) is 0 Å². The van der Waals surface area contributed by atoms with Crippen LogP contribution in [0.15, 0.2) is 48.5 Å². The van der Waals surface area contributed by atoms with Crippen LogP contribution in [0.3, 0.4) is 0 Å². The van der Waals surface area contributed by atoms with Crippen molar-refractivity contribution in [3.05, 3.63) is 65.2 Å². The number of nitrogens with one attached hydrogen (secondary N) is 1. The van der Waals surface area contributed by atoms with E-state index in [1.165, 1.54) is 16.8 Å². The van der Waals surface area contributed by atoms with Gasteiger partial charge in [-0.05, 0) is 35.7 Å². The monoisotopic (exact) mass is 284 g/mol. The summed E-state index contributed by atoms with van der Waals surface area (Å²) in [6.07, 6.45) is 0. The zero-order chi connectivity index (χ0) is 15.2. The van der Waals surface area contributed by atoms with Gasteiger partial charge < -0.3 is 15.3 Å². The smallest absolute Gasteiger partial charge is 0.0681 e. The first-order valence-corrected chi connectivity index (χ1v) is 7.29. The average Bonchev–Trinajstić information content (AvgIpc) is 2.53. The molecule has 21 heavy (non-hydrogen) atoms. The summed E-state index contributed by atoms with van der Waals surface area (Å²) in [4.78, 5) is 2.10. The number of nitrogens with zero attached hydrogens (tertiary/aromatic N) is 1. The minimum absolute atomic E-state index is 0.0898. The minimum Gasteiger partial charge on any atom is -0.392 e. The number of hydrogen-bond acceptors (Lipinski definition) is 3. The number of anilines is 1. The molecule has 1 atom stereocenters. The van der Waals surface area contributed by atoms with Gasteiger partial charge >= 0.3 is 0 Å². The van der Waals surface area contributed by atoms with E-state index in [-0.39, 0.29) is 12.6 Å². The van der Waals surface area contributed by atoms with E-state index in [0.717, 1.165) is 12.1 Å². The molecule has 2 N–H and O–H groups in total. The van der Waals surface area contributed by atoms with Crippen LogP contribution in [0.5, 0.6) is 0 Å². The zero-order valence-corrected chi connectivity index (χ0v) is 13.0. The Hall–Kier alpha value is -1.84. The van der Waals surface area contributed by atoms with Gasteiger partial charge in [0.25, 0.3) is 0 Å². The minimum atomic E-state index is 0.0898. The fourth-order valence-corrected chi connectivity index (χ4v) is 2.26. The predicted molar refractivity (Wildman–Crippen MR) is 88.4 cm³/mol. The summed E-state index contributed by atoms with van der Waals surface area (Å²) in [5.74, 6) is 0. The second kappa shape index (κ2) is 7.25. The molecule has 0 saturated heterocycles. The molecule has 112 valence electrons. The van der Waals surface area contributed by atoms with Crippen molar-refractivity contribution in [2.24, 2.45) is 0 Å². The van der Waals surface area contributed by atoms with Crippen LogP contribution >= 0.6 is 0 Å². The lowest BCUT2D eigenvalue weighted by atomic mass is 10.1. The molecule has 2 aromatic rings. The van der Waals surface area contributed by atoms with E-state index in [0.29, 0.717) is 0 Å². The van der Waals surface area contributed by atoms with E-state index in [1.54, 1.807) is 0 Å². The van der Waals surface area contributed by atoms with Gasteiger partial charge in [0.05, 0.1) is 6.61 Å². The van der Waals surface area contributed by atoms with Gasteiger partial charge in [-0.3, -0.25) is 0 Å². The Morgan fingerprint density at radius 3 is 2.38 bits per heavy atom. The van der Waals surface area contributed by atoms with Crippen LogP contribution in [0.1, 0.15) is 29.7 Å². The fraction of sp³-hybridized carbons (Fsp3) is 0.333. The van der Waals surface area contributed by atoms with Crippen LogP contribution in [0.25, 0.3) is 0 Å². The molecule has 0 radical (unpaired) electrons. The van der Waals surface area contributed by atoms with Gasteiger partial charge in [0.1, 0.15) is 0 Å². The summed E-state index contributed by atoms with van der Waals surface area (Å²) in [5.41, 5.74) is 4.64. The zero-order valence-electron chi connectivity index (χ0n) is 13.0. The Bertz CT molecular complexity index is 564. The molecule has 0 aliphatic carbocycles. The Labute approximate surface area is 127 Å². The molecule has 2 aromatic carbocycles. The van der Waals surface area contributed by atoms with Crippen LogP contribution < -0.4 is 10.2 Å². The first kappa shape index (κ1) is 15.5. The lowest BCUT2D eigenvalue weighted by Crippen LogP contribution is -2.18. The first-order chi connectivity index (χ1) is 10.1. The molecule has 3 heteroatoms. The van der Waals surface area contributed by atoms with E-state index in [4.69, 9.17) is 0 Å². The Morgan fingerprint density at radius 2 is 1.76 bits per heavy atom. The van der Waals surface area contributed by atoms with Crippen molar-refractivity contribution in [3.8, 4) is 0 Å². The van der Waals surface area contributed by atoms with Gasteiger partial charge in [-0.15, -0.1) is 0 Å². The lowest BCUT2D eigenvalue weighted by molar-refractivity contribution is 0.281. The maximum atomic E-state index is 9.20. The van der Waals surface area contributed by atoms with Crippen LogP contribution in [-0.4, -0.2) is 19.2 Å². The van der Waals surface area contributed by atoms with Crippen molar-refractivity contribution in [1.29, 1.82) is 0 Å². The Kier molecular flexibility index (Phi) is 5.37. The molecular formula is C18H24N2O. The molecule has 0 fully saturated rings. The van der Waals surface area contributed by atoms with Gasteiger partial charge in [0.15, 0.2) is 0 Å². The SMILES string of the molecule is CC(NCc1ccc(N(C)C)cc1)c1cccc(CO)c1. The molecule has 0 heterocycles. The van der Waals surface area contributed by atoms with E-state index >= 15 is 0 Å². The van der Waals surface area contributed by atoms with Crippen LogP contribution in [0.2, 0.25) is 0 Å². The van der Waals surface area contributed by atoms with Gasteiger partial charge in [0.2, 0.25) is 0 Å². The van der Waals surface area contributed by atoms with Crippen molar-refractivity contribution >= 4 is 5.69 Å². The van der Waals surface area contributed by atoms with Gasteiger partial charge in [-0.2, -0.15) is 0 Å². The second-order valence-corrected chi connectivity index (χ2v) is 5.57. The quantitative estimate of drug-likeness (QED) is 0.855. The molecule has 0 aliphatic rings. The van der Waals surface area contributed by atoms with E-state index in [9.17, 15) is 5.11 Å². The number of rotatable bonds is 6. The largest absolute Gasteiger partial charge is 0.392 e. The van der Waals surface area contributed by atoms with Crippen LogP contribution in [-0.2, 0) is 13.2 Å². The summed E-state index contributed by atoms with van der Waals surface area (Å²) in [6.45, 7) is 3.06. The number of aliphatic hydroxyl groups excluding tert-OH is 1.